The van der Waals surface area contributed by atoms with Crippen LogP contribution in [0.3, 0.4) is 0 Å². The Hall–Kier alpha value is -2.31. The average molecular weight is 225 g/mol. The van der Waals surface area contributed by atoms with Crippen LogP contribution in [0.4, 0.5) is 10.5 Å². The van der Waals surface area contributed by atoms with Crippen molar-refractivity contribution in [2.75, 3.05) is 19.0 Å². The van der Waals surface area contributed by atoms with Crippen molar-refractivity contribution >= 4 is 17.7 Å². The predicted molar refractivity (Wildman–Crippen MR) is 55.4 cm³/mol. The fourth-order valence-corrected chi connectivity index (χ4v) is 0.906. The summed E-state index contributed by atoms with van der Waals surface area (Å²) in [4.78, 5) is 25.2. The van der Waals surface area contributed by atoms with Gasteiger partial charge in [0.15, 0.2) is 0 Å². The number of amides is 2. The standard InChI is InChI=1S/C9H11N3O4/c1-16-7-3-2-6(4-10-7)12-9(15)11-5-8(13)14/h2-4H,5H2,1H3,(H,13,14)(H2,11,12,15). The van der Waals surface area contributed by atoms with Gasteiger partial charge in [0.25, 0.3) is 0 Å². The molecular formula is C9H11N3O4. The lowest BCUT2D eigenvalue weighted by Gasteiger charge is -2.05. The Bertz CT molecular complexity index is 377. The minimum absolute atomic E-state index is 0.427. The number of carboxylic acid groups (broad SMARTS) is 1. The van der Waals surface area contributed by atoms with E-state index in [1.165, 1.54) is 13.3 Å². The number of methoxy groups -OCH3 is 1. The number of rotatable bonds is 4. The number of pyridine rings is 1. The summed E-state index contributed by atoms with van der Waals surface area (Å²) < 4.78 is 4.84. The predicted octanol–water partition coefficient (Wildman–Crippen LogP) is 0.296. The fourth-order valence-electron chi connectivity index (χ4n) is 0.906. The van der Waals surface area contributed by atoms with Crippen molar-refractivity contribution in [3.8, 4) is 5.88 Å². The van der Waals surface area contributed by atoms with Gasteiger partial charge >= 0.3 is 12.0 Å². The number of carbonyl (C=O) groups is 2. The van der Waals surface area contributed by atoms with Gasteiger partial charge < -0.3 is 20.5 Å². The van der Waals surface area contributed by atoms with Crippen LogP contribution in [0.1, 0.15) is 0 Å². The van der Waals surface area contributed by atoms with E-state index in [0.29, 0.717) is 11.6 Å². The second-order valence-electron chi connectivity index (χ2n) is 2.79. The maximum Gasteiger partial charge on any atom is 0.323 e. The molecule has 3 N–H and O–H groups in total. The van der Waals surface area contributed by atoms with E-state index >= 15 is 0 Å². The zero-order chi connectivity index (χ0) is 12.0. The molecule has 0 radical (unpaired) electrons. The van der Waals surface area contributed by atoms with E-state index in [9.17, 15) is 9.59 Å². The lowest BCUT2D eigenvalue weighted by Crippen LogP contribution is -2.33. The summed E-state index contributed by atoms with van der Waals surface area (Å²) in [7, 11) is 1.48. The van der Waals surface area contributed by atoms with Crippen LogP contribution in [-0.2, 0) is 4.79 Å². The van der Waals surface area contributed by atoms with Crippen LogP contribution in [0.15, 0.2) is 18.3 Å². The molecule has 0 bridgehead atoms. The van der Waals surface area contributed by atoms with Crippen LogP contribution in [-0.4, -0.2) is 35.7 Å². The molecule has 1 aromatic rings. The molecule has 1 heterocycles. The highest BCUT2D eigenvalue weighted by Gasteiger charge is 2.03. The minimum Gasteiger partial charge on any atom is -0.481 e. The molecule has 1 rings (SSSR count). The van der Waals surface area contributed by atoms with Crippen LogP contribution in [0.25, 0.3) is 0 Å². The Labute approximate surface area is 91.4 Å². The van der Waals surface area contributed by atoms with E-state index in [2.05, 4.69) is 15.6 Å². The van der Waals surface area contributed by atoms with Gasteiger partial charge in [0.1, 0.15) is 6.54 Å². The summed E-state index contributed by atoms with van der Waals surface area (Å²) in [5.41, 5.74) is 0.448. The zero-order valence-electron chi connectivity index (χ0n) is 8.56. The first-order chi connectivity index (χ1) is 7.61. The molecule has 1 aromatic heterocycles. The van der Waals surface area contributed by atoms with Gasteiger partial charge in [0, 0.05) is 6.07 Å². The third kappa shape index (κ3) is 3.82. The molecule has 0 saturated heterocycles. The minimum atomic E-state index is -1.11. The number of urea groups is 1. The van der Waals surface area contributed by atoms with Crippen molar-refractivity contribution in [3.63, 3.8) is 0 Å². The van der Waals surface area contributed by atoms with Gasteiger partial charge in [-0.1, -0.05) is 0 Å². The highest BCUT2D eigenvalue weighted by atomic mass is 16.5. The van der Waals surface area contributed by atoms with Crippen molar-refractivity contribution in [2.24, 2.45) is 0 Å². The normalized spacial score (nSPS) is 9.31. The van der Waals surface area contributed by atoms with Gasteiger partial charge in [-0.05, 0) is 6.07 Å². The smallest absolute Gasteiger partial charge is 0.323 e. The van der Waals surface area contributed by atoms with E-state index in [1.54, 1.807) is 12.1 Å². The fraction of sp³-hybridized carbons (Fsp3) is 0.222. The third-order valence-electron chi connectivity index (χ3n) is 1.60. The van der Waals surface area contributed by atoms with Gasteiger partial charge in [-0.2, -0.15) is 0 Å². The third-order valence-corrected chi connectivity index (χ3v) is 1.60. The van der Waals surface area contributed by atoms with E-state index < -0.39 is 18.5 Å². The van der Waals surface area contributed by atoms with E-state index in [-0.39, 0.29) is 0 Å². The Kier molecular flexibility index (Phi) is 4.07. The number of ether oxygens (including phenoxy) is 1. The molecule has 7 nitrogen and oxygen atoms in total. The number of carboxylic acids is 1. The Morgan fingerprint density at radius 2 is 2.25 bits per heavy atom. The number of hydrogen-bond acceptors (Lipinski definition) is 4. The molecule has 0 saturated carbocycles. The van der Waals surface area contributed by atoms with Crippen molar-refractivity contribution in [3.05, 3.63) is 18.3 Å². The van der Waals surface area contributed by atoms with Gasteiger partial charge in [-0.25, -0.2) is 9.78 Å². The van der Waals surface area contributed by atoms with Crippen LogP contribution in [0.2, 0.25) is 0 Å². The lowest BCUT2D eigenvalue weighted by atomic mass is 10.4. The molecule has 0 aliphatic heterocycles. The molecule has 0 aromatic carbocycles. The summed E-state index contributed by atoms with van der Waals surface area (Å²) in [6, 6.07) is 2.56. The molecule has 0 spiro atoms. The number of aromatic nitrogens is 1. The van der Waals surface area contributed by atoms with Gasteiger partial charge in [-0.15, -0.1) is 0 Å². The van der Waals surface area contributed by atoms with Gasteiger partial charge in [0.2, 0.25) is 5.88 Å². The summed E-state index contributed by atoms with van der Waals surface area (Å²) in [5, 5.41) is 12.9. The maximum absolute atomic E-state index is 11.1. The zero-order valence-corrected chi connectivity index (χ0v) is 8.56. The van der Waals surface area contributed by atoms with Crippen LogP contribution in [0.5, 0.6) is 5.88 Å². The largest absolute Gasteiger partial charge is 0.481 e. The molecule has 2 amide bonds. The number of hydrogen-bond donors (Lipinski definition) is 3. The topological polar surface area (TPSA) is 101 Å². The van der Waals surface area contributed by atoms with E-state index in [0.717, 1.165) is 0 Å². The molecule has 16 heavy (non-hydrogen) atoms. The second-order valence-corrected chi connectivity index (χ2v) is 2.79. The highest BCUT2D eigenvalue weighted by molar-refractivity contribution is 5.90. The van der Waals surface area contributed by atoms with E-state index in [1.807, 2.05) is 0 Å². The van der Waals surface area contributed by atoms with Crippen LogP contribution < -0.4 is 15.4 Å². The number of nitrogens with one attached hydrogen (secondary N) is 2. The molecule has 86 valence electrons. The maximum atomic E-state index is 11.1. The lowest BCUT2D eigenvalue weighted by molar-refractivity contribution is -0.135. The molecule has 7 heteroatoms. The Balaban J connectivity index is 2.46. The van der Waals surface area contributed by atoms with Gasteiger partial charge in [-0.3, -0.25) is 4.79 Å². The quantitative estimate of drug-likeness (QED) is 0.684. The molecule has 0 unspecified atom stereocenters. The highest BCUT2D eigenvalue weighted by Crippen LogP contribution is 2.10. The van der Waals surface area contributed by atoms with Crippen molar-refractivity contribution in [1.82, 2.24) is 10.3 Å². The first-order valence-electron chi connectivity index (χ1n) is 4.38. The Morgan fingerprint density at radius 3 is 2.75 bits per heavy atom. The summed E-state index contributed by atoms with van der Waals surface area (Å²) in [5.74, 6) is -0.681. The summed E-state index contributed by atoms with van der Waals surface area (Å²) in [6.07, 6.45) is 1.40. The van der Waals surface area contributed by atoms with Crippen molar-refractivity contribution in [1.29, 1.82) is 0 Å². The van der Waals surface area contributed by atoms with Crippen LogP contribution in [0, 0.1) is 0 Å². The monoisotopic (exact) mass is 225 g/mol. The number of nitrogens with zero attached hydrogens (tertiary/aromatic N) is 1. The van der Waals surface area contributed by atoms with Crippen molar-refractivity contribution < 1.29 is 19.4 Å². The number of carbonyl (C=O) groups excluding carboxylic acids is 1. The van der Waals surface area contributed by atoms with E-state index in [4.69, 9.17) is 9.84 Å². The Morgan fingerprint density at radius 1 is 1.50 bits per heavy atom. The van der Waals surface area contributed by atoms with Crippen molar-refractivity contribution in [2.45, 2.75) is 0 Å². The number of aliphatic carboxylic acids is 1. The molecule has 0 fully saturated rings. The summed E-state index contributed by atoms with van der Waals surface area (Å²) in [6.45, 7) is -0.435. The SMILES string of the molecule is COc1ccc(NC(=O)NCC(=O)O)cn1. The first kappa shape index (κ1) is 11.8. The number of anilines is 1. The average Bonchev–Trinajstić information content (AvgIpc) is 2.27. The first-order valence-corrected chi connectivity index (χ1v) is 4.38. The van der Waals surface area contributed by atoms with Gasteiger partial charge in [0.05, 0.1) is 19.0 Å². The molecule has 0 atom stereocenters. The second kappa shape index (κ2) is 5.54. The molecule has 0 aliphatic carbocycles. The summed E-state index contributed by atoms with van der Waals surface area (Å²) >= 11 is 0. The molecule has 0 aliphatic rings. The molecular weight excluding hydrogens is 214 g/mol. The van der Waals surface area contributed by atoms with Crippen LogP contribution >= 0.6 is 0 Å².